The maximum Gasteiger partial charge on any atom is 0.0541 e. The van der Waals surface area contributed by atoms with Gasteiger partial charge in [0, 0.05) is 31.6 Å². The van der Waals surface area contributed by atoms with E-state index in [4.69, 9.17) is 7.74 Å². The van der Waals surface area contributed by atoms with Crippen LogP contribution in [0.4, 0.5) is 0 Å². The van der Waals surface area contributed by atoms with Crippen LogP contribution in [0.1, 0.15) is 13.3 Å². The third kappa shape index (κ3) is 13.2. The first-order chi connectivity index (χ1) is 4.91. The molecule has 1 aliphatic rings. The van der Waals surface area contributed by atoms with Crippen LogP contribution in [0.3, 0.4) is 0 Å². The van der Waals surface area contributed by atoms with Gasteiger partial charge in [-0.05, 0) is 0 Å². The summed E-state index contributed by atoms with van der Waals surface area (Å²) in [6, 6.07) is 0. The Bertz CT molecular complexity index is 100. The van der Waals surface area contributed by atoms with Crippen LogP contribution in [0.25, 0.3) is 0 Å². The van der Waals surface area contributed by atoms with Crippen LogP contribution < -0.4 is 0 Å². The Morgan fingerprint density at radius 3 is 2.45 bits per heavy atom. The third-order valence-electron chi connectivity index (χ3n) is 0.958. The summed E-state index contributed by atoms with van der Waals surface area (Å²) in [6.07, 6.45) is 11.0. The van der Waals surface area contributed by atoms with E-state index in [2.05, 4.69) is 12.2 Å². The molecule has 0 atom stereocenters. The van der Waals surface area contributed by atoms with Crippen molar-refractivity contribution in [2.24, 2.45) is 0 Å². The molecule has 0 spiro atoms. The normalized spacial score (nSPS) is 11.0. The van der Waals surface area contributed by atoms with E-state index in [1.165, 1.54) is 0 Å². The summed E-state index contributed by atoms with van der Waals surface area (Å²) in [5.41, 5.74) is 0. The van der Waals surface area contributed by atoms with Crippen LogP contribution in [-0.2, 0) is 16.8 Å². The molecule has 0 aliphatic heterocycles. The molecule has 0 aromatic heterocycles. The minimum absolute atomic E-state index is 0. The van der Waals surface area contributed by atoms with E-state index in [1.807, 2.05) is 26.2 Å². The first kappa shape index (κ1) is 13.7. The topological polar surface area (TPSA) is 0 Å². The van der Waals surface area contributed by atoms with Crippen LogP contribution in [-0.4, -0.2) is 22.0 Å². The van der Waals surface area contributed by atoms with E-state index >= 15 is 0 Å². The maximum absolute atomic E-state index is 4.96. The summed E-state index contributed by atoms with van der Waals surface area (Å²) in [4.78, 5) is 0. The molecule has 0 fully saturated rings. The van der Waals surface area contributed by atoms with Gasteiger partial charge in [-0.2, -0.15) is 6.08 Å². The minimum Gasteiger partial charge on any atom is -0.273 e. The molecule has 5 radical (unpaired) electrons. The summed E-state index contributed by atoms with van der Waals surface area (Å²) >= 11 is 0. The first-order valence-corrected chi connectivity index (χ1v) is 3.50. The Labute approximate surface area is 83.0 Å². The molecule has 1 aliphatic carbocycles. The Kier molecular flexibility index (Phi) is 16.0. The van der Waals surface area contributed by atoms with Gasteiger partial charge in [-0.1, -0.05) is 13.2 Å². The molecule has 57 valence electrons. The molecular weight excluding hydrogens is 175 g/mol. The average Bonchev–Trinajstić information content (AvgIpc) is 2.44. The maximum atomic E-state index is 4.96. The second-order valence-corrected chi connectivity index (χ2v) is 1.84. The molecule has 0 aromatic carbocycles. The molecule has 0 heterocycles. The van der Waals surface area contributed by atoms with Gasteiger partial charge in [-0.15, -0.1) is 6.42 Å². The van der Waals surface area contributed by atoms with Crippen molar-refractivity contribution >= 4 is 22.0 Å². The fourth-order valence-corrected chi connectivity index (χ4v) is 0.476. The van der Waals surface area contributed by atoms with Gasteiger partial charge >= 0.3 is 0 Å². The second-order valence-electron chi connectivity index (χ2n) is 1.84. The third-order valence-corrected chi connectivity index (χ3v) is 0.958. The molecule has 4 heteroatoms. The molecule has 0 saturated carbocycles. The van der Waals surface area contributed by atoms with Crippen molar-refractivity contribution in [2.45, 2.75) is 19.7 Å². The van der Waals surface area contributed by atoms with Gasteiger partial charge in [0.2, 0.25) is 0 Å². The number of rotatable bonds is 2. The van der Waals surface area contributed by atoms with E-state index in [-0.39, 0.29) is 16.8 Å². The molecule has 0 bridgehead atoms. The predicted molar refractivity (Wildman–Crippen MR) is 49.3 cm³/mol. The molecular formula is C7H10B3Co-. The monoisotopic (exact) mass is 186 g/mol. The fraction of sp³-hybridized carbons (Fsp3) is 0.429. The van der Waals surface area contributed by atoms with Gasteiger partial charge < -0.3 is 0 Å². The molecule has 0 nitrogen and oxygen atoms in total. The second kappa shape index (κ2) is 12.8. The molecule has 11 heavy (non-hydrogen) atoms. The van der Waals surface area contributed by atoms with Crippen molar-refractivity contribution in [3.8, 4) is 0 Å². The predicted octanol–water partition coefficient (Wildman–Crippen LogP) is 1.13. The molecule has 0 aromatic rings. The number of allylic oxidation sites excluding steroid dienone is 4. The van der Waals surface area contributed by atoms with E-state index in [0.717, 1.165) is 12.7 Å². The zero-order valence-electron chi connectivity index (χ0n) is 6.71. The minimum atomic E-state index is 0. The van der Waals surface area contributed by atoms with Crippen molar-refractivity contribution < 1.29 is 16.8 Å². The smallest absolute Gasteiger partial charge is 0.0541 e. The van der Waals surface area contributed by atoms with Gasteiger partial charge in [-0.25, -0.2) is 12.2 Å². The standard InChI is InChI=1S/C5H5.C2H5B3.Co/c1-2-4-5-3-1;1-2-4-5-3;/h1-3H,4H2;2H2,1H3;/q-1;;. The molecule has 0 amide bonds. The molecule has 1 rings (SSSR count). The zero-order valence-corrected chi connectivity index (χ0v) is 7.75. The van der Waals surface area contributed by atoms with Crippen LogP contribution in [0.2, 0.25) is 6.32 Å². The Morgan fingerprint density at radius 1 is 1.64 bits per heavy atom. The first-order valence-electron chi connectivity index (χ1n) is 3.50. The summed E-state index contributed by atoms with van der Waals surface area (Å²) < 4.78 is 0. The largest absolute Gasteiger partial charge is 0.273 e. The number of hydrogen-bond donors (Lipinski definition) is 0. The fourth-order valence-electron chi connectivity index (χ4n) is 0.476. The van der Waals surface area contributed by atoms with Gasteiger partial charge in [0.1, 0.15) is 0 Å². The van der Waals surface area contributed by atoms with Crippen molar-refractivity contribution in [1.82, 2.24) is 0 Å². The summed E-state index contributed by atoms with van der Waals surface area (Å²) in [5, 5.41) is 0. The Balaban J connectivity index is 0. The van der Waals surface area contributed by atoms with E-state index < -0.39 is 0 Å². The average molecular weight is 186 g/mol. The van der Waals surface area contributed by atoms with Crippen molar-refractivity contribution in [3.05, 3.63) is 24.3 Å². The van der Waals surface area contributed by atoms with Crippen LogP contribution in [0.5, 0.6) is 0 Å². The van der Waals surface area contributed by atoms with E-state index in [1.54, 1.807) is 7.06 Å². The molecule has 0 unspecified atom stereocenters. The molecule has 0 N–H and O–H groups in total. The Hall–Kier alpha value is 0.181. The van der Waals surface area contributed by atoms with Gasteiger partial charge in [-0.3, -0.25) is 6.08 Å². The van der Waals surface area contributed by atoms with Gasteiger partial charge in [0.15, 0.2) is 0 Å². The van der Waals surface area contributed by atoms with Crippen molar-refractivity contribution in [2.75, 3.05) is 0 Å². The van der Waals surface area contributed by atoms with Crippen LogP contribution in [0, 0.1) is 6.08 Å². The van der Waals surface area contributed by atoms with Gasteiger partial charge in [0.05, 0.1) is 7.17 Å². The summed E-state index contributed by atoms with van der Waals surface area (Å²) in [7, 11) is 8.42. The van der Waals surface area contributed by atoms with Crippen LogP contribution >= 0.6 is 0 Å². The quantitative estimate of drug-likeness (QED) is 0.447. The van der Waals surface area contributed by atoms with Crippen molar-refractivity contribution in [1.29, 1.82) is 0 Å². The van der Waals surface area contributed by atoms with Crippen molar-refractivity contribution in [3.63, 3.8) is 0 Å². The zero-order chi connectivity index (χ0) is 7.66. The van der Waals surface area contributed by atoms with E-state index in [9.17, 15) is 0 Å². The summed E-state index contributed by atoms with van der Waals surface area (Å²) in [5.74, 6) is 0. The SMILES string of the molecule is [B][B][B]CC.[C-]1=CC=CC1.[Co]. The summed E-state index contributed by atoms with van der Waals surface area (Å²) in [6.45, 7) is 2.04. The molecule has 0 saturated heterocycles. The number of hydrogen-bond acceptors (Lipinski definition) is 0. The van der Waals surface area contributed by atoms with Gasteiger partial charge in [0.25, 0.3) is 0 Å². The van der Waals surface area contributed by atoms with E-state index in [0.29, 0.717) is 0 Å². The van der Waals surface area contributed by atoms with Crippen LogP contribution in [0.15, 0.2) is 18.2 Å². The Morgan fingerprint density at radius 2 is 2.36 bits per heavy atom.